The van der Waals surface area contributed by atoms with Crippen molar-refractivity contribution in [2.45, 2.75) is 6.92 Å². The van der Waals surface area contributed by atoms with Gasteiger partial charge in [0.2, 0.25) is 5.88 Å². The van der Waals surface area contributed by atoms with Gasteiger partial charge < -0.3 is 4.74 Å². The predicted octanol–water partition coefficient (Wildman–Crippen LogP) is 1.97. The van der Waals surface area contributed by atoms with E-state index in [4.69, 9.17) is 4.74 Å². The van der Waals surface area contributed by atoms with Gasteiger partial charge in [0.05, 0.1) is 11.9 Å². The van der Waals surface area contributed by atoms with Gasteiger partial charge in [-0.1, -0.05) is 0 Å². The second-order valence-electron chi connectivity index (χ2n) is 2.80. The first-order valence-electron chi connectivity index (χ1n) is 4.23. The summed E-state index contributed by atoms with van der Waals surface area (Å²) in [5.41, 5.74) is 0.864. The summed E-state index contributed by atoms with van der Waals surface area (Å²) in [6.07, 6.45) is 3.31. The molecule has 0 fully saturated rings. The molecule has 70 valence electrons. The molecular formula is C10H9N3O. The van der Waals surface area contributed by atoms with E-state index in [0.29, 0.717) is 11.6 Å². The minimum atomic E-state index is 0.476. The lowest BCUT2D eigenvalue weighted by molar-refractivity contribution is 0.452. The van der Waals surface area contributed by atoms with E-state index in [1.165, 1.54) is 0 Å². The van der Waals surface area contributed by atoms with Crippen LogP contribution in [0.1, 0.15) is 5.69 Å². The highest BCUT2D eigenvalue weighted by Crippen LogP contribution is 2.16. The Kier molecular flexibility index (Phi) is 2.36. The Hall–Kier alpha value is -1.97. The molecule has 2 heterocycles. The summed E-state index contributed by atoms with van der Waals surface area (Å²) >= 11 is 0. The van der Waals surface area contributed by atoms with Crippen molar-refractivity contribution in [3.05, 3.63) is 42.4 Å². The molecule has 4 heteroatoms. The van der Waals surface area contributed by atoms with Crippen molar-refractivity contribution < 1.29 is 4.74 Å². The van der Waals surface area contributed by atoms with E-state index >= 15 is 0 Å². The molecule has 0 aliphatic carbocycles. The van der Waals surface area contributed by atoms with Crippen LogP contribution in [0, 0.1) is 6.92 Å². The molecule has 4 nitrogen and oxygen atoms in total. The molecule has 0 aliphatic heterocycles. The molecular weight excluding hydrogens is 178 g/mol. The number of hydrogen-bond acceptors (Lipinski definition) is 4. The van der Waals surface area contributed by atoms with Gasteiger partial charge in [-0.2, -0.15) is 5.10 Å². The number of hydrogen-bond donors (Lipinski definition) is 0. The SMILES string of the molecule is Cc1ccc(Oc2cccnc2)nn1. The lowest BCUT2D eigenvalue weighted by atomic mass is 10.4. The number of nitrogens with zero attached hydrogens (tertiary/aromatic N) is 3. The van der Waals surface area contributed by atoms with Crippen LogP contribution in [0.4, 0.5) is 0 Å². The molecule has 0 bridgehead atoms. The standard InChI is InChI=1S/C10H9N3O/c1-8-4-5-10(13-12-8)14-9-3-2-6-11-7-9/h2-7H,1H3. The zero-order valence-corrected chi connectivity index (χ0v) is 7.71. The lowest BCUT2D eigenvalue weighted by Gasteiger charge is -2.02. The van der Waals surface area contributed by atoms with Crippen molar-refractivity contribution in [3.8, 4) is 11.6 Å². The molecule has 0 amide bonds. The van der Waals surface area contributed by atoms with Crippen LogP contribution in [0.25, 0.3) is 0 Å². The molecule has 2 rings (SSSR count). The largest absolute Gasteiger partial charge is 0.436 e. The summed E-state index contributed by atoms with van der Waals surface area (Å²) < 4.78 is 5.40. The van der Waals surface area contributed by atoms with Crippen LogP contribution in [0.3, 0.4) is 0 Å². The molecule has 0 spiro atoms. The van der Waals surface area contributed by atoms with Crippen molar-refractivity contribution in [1.29, 1.82) is 0 Å². The third-order valence-electron chi connectivity index (χ3n) is 1.63. The summed E-state index contributed by atoms with van der Waals surface area (Å²) in [4.78, 5) is 3.93. The van der Waals surface area contributed by atoms with Crippen LogP contribution in [0.5, 0.6) is 11.6 Å². The van der Waals surface area contributed by atoms with Crippen molar-refractivity contribution >= 4 is 0 Å². The van der Waals surface area contributed by atoms with E-state index in [2.05, 4.69) is 15.2 Å². The fourth-order valence-electron chi connectivity index (χ4n) is 0.969. The second kappa shape index (κ2) is 3.83. The second-order valence-corrected chi connectivity index (χ2v) is 2.80. The van der Waals surface area contributed by atoms with Crippen LogP contribution in [0.2, 0.25) is 0 Å². The first kappa shape index (κ1) is 8.62. The highest BCUT2D eigenvalue weighted by atomic mass is 16.5. The molecule has 0 aliphatic rings. The quantitative estimate of drug-likeness (QED) is 0.721. The van der Waals surface area contributed by atoms with Crippen LogP contribution in [-0.2, 0) is 0 Å². The Morgan fingerprint density at radius 2 is 2.07 bits per heavy atom. The zero-order chi connectivity index (χ0) is 9.80. The van der Waals surface area contributed by atoms with E-state index in [1.807, 2.05) is 19.1 Å². The number of aryl methyl sites for hydroxylation is 1. The van der Waals surface area contributed by atoms with Gasteiger partial charge in [-0.15, -0.1) is 5.10 Å². The Balaban J connectivity index is 2.16. The molecule has 0 N–H and O–H groups in total. The van der Waals surface area contributed by atoms with Crippen LogP contribution in [-0.4, -0.2) is 15.2 Å². The Morgan fingerprint density at radius 3 is 2.71 bits per heavy atom. The first-order valence-corrected chi connectivity index (χ1v) is 4.23. The van der Waals surface area contributed by atoms with E-state index < -0.39 is 0 Å². The van der Waals surface area contributed by atoms with Gasteiger partial charge in [-0.05, 0) is 25.1 Å². The van der Waals surface area contributed by atoms with Crippen LogP contribution in [0.15, 0.2) is 36.7 Å². The van der Waals surface area contributed by atoms with Gasteiger partial charge in [0, 0.05) is 12.3 Å². The Bertz CT molecular complexity index is 399. The summed E-state index contributed by atoms with van der Waals surface area (Å²) in [6.45, 7) is 1.88. The molecule has 0 aromatic carbocycles. The molecule has 0 radical (unpaired) electrons. The van der Waals surface area contributed by atoms with Crippen molar-refractivity contribution in [2.75, 3.05) is 0 Å². The lowest BCUT2D eigenvalue weighted by Crippen LogP contribution is -1.91. The van der Waals surface area contributed by atoms with Gasteiger partial charge in [0.15, 0.2) is 0 Å². The summed E-state index contributed by atoms with van der Waals surface area (Å²) in [7, 11) is 0. The summed E-state index contributed by atoms with van der Waals surface area (Å²) in [5.74, 6) is 1.13. The third kappa shape index (κ3) is 2.04. The number of aromatic nitrogens is 3. The topological polar surface area (TPSA) is 47.9 Å². The predicted molar refractivity (Wildman–Crippen MR) is 51.1 cm³/mol. The van der Waals surface area contributed by atoms with E-state index in [1.54, 1.807) is 24.5 Å². The van der Waals surface area contributed by atoms with Gasteiger partial charge in [-0.25, -0.2) is 0 Å². The smallest absolute Gasteiger partial charge is 0.238 e. The Morgan fingerprint density at radius 1 is 1.14 bits per heavy atom. The molecule has 0 saturated carbocycles. The van der Waals surface area contributed by atoms with Crippen LogP contribution >= 0.6 is 0 Å². The highest BCUT2D eigenvalue weighted by molar-refractivity contribution is 5.22. The fraction of sp³-hybridized carbons (Fsp3) is 0.100. The van der Waals surface area contributed by atoms with Gasteiger partial charge in [-0.3, -0.25) is 4.98 Å². The summed E-state index contributed by atoms with van der Waals surface area (Å²) in [6, 6.07) is 7.24. The van der Waals surface area contributed by atoms with Gasteiger partial charge in [0.1, 0.15) is 5.75 Å². The van der Waals surface area contributed by atoms with Crippen molar-refractivity contribution in [2.24, 2.45) is 0 Å². The first-order chi connectivity index (χ1) is 6.84. The minimum Gasteiger partial charge on any atom is -0.436 e. The maximum absolute atomic E-state index is 5.40. The molecule has 0 atom stereocenters. The van der Waals surface area contributed by atoms with Crippen molar-refractivity contribution in [3.63, 3.8) is 0 Å². The maximum atomic E-state index is 5.40. The average Bonchev–Trinajstić information content (AvgIpc) is 2.23. The monoisotopic (exact) mass is 187 g/mol. The minimum absolute atomic E-state index is 0.476. The third-order valence-corrected chi connectivity index (χ3v) is 1.63. The van der Waals surface area contributed by atoms with E-state index in [0.717, 1.165) is 5.69 Å². The van der Waals surface area contributed by atoms with Crippen molar-refractivity contribution in [1.82, 2.24) is 15.2 Å². The number of ether oxygens (including phenoxy) is 1. The molecule has 2 aromatic heterocycles. The Labute approximate surface area is 81.6 Å². The van der Waals surface area contributed by atoms with Gasteiger partial charge in [0.25, 0.3) is 0 Å². The van der Waals surface area contributed by atoms with E-state index in [-0.39, 0.29) is 0 Å². The normalized spacial score (nSPS) is 9.79. The number of pyridine rings is 1. The van der Waals surface area contributed by atoms with Gasteiger partial charge >= 0.3 is 0 Å². The highest BCUT2D eigenvalue weighted by Gasteiger charge is 1.97. The molecule has 2 aromatic rings. The average molecular weight is 187 g/mol. The molecule has 0 unspecified atom stereocenters. The van der Waals surface area contributed by atoms with E-state index in [9.17, 15) is 0 Å². The number of rotatable bonds is 2. The van der Waals surface area contributed by atoms with Crippen LogP contribution < -0.4 is 4.74 Å². The fourth-order valence-corrected chi connectivity index (χ4v) is 0.969. The molecule has 0 saturated heterocycles. The zero-order valence-electron chi connectivity index (χ0n) is 7.71. The maximum Gasteiger partial charge on any atom is 0.238 e. The summed E-state index contributed by atoms with van der Waals surface area (Å²) in [5, 5.41) is 7.75. The molecule has 14 heavy (non-hydrogen) atoms.